The van der Waals surface area contributed by atoms with Gasteiger partial charge in [0.2, 0.25) is 0 Å². The van der Waals surface area contributed by atoms with Crippen molar-refractivity contribution in [2.45, 2.75) is 33.6 Å². The molecular formula is C9H13NOS. The van der Waals surface area contributed by atoms with E-state index in [0.717, 1.165) is 9.88 Å². The number of thiazole rings is 1. The number of Topliss-reactive ketones (excluding diaryl/α,β-unsaturated/α-hetero) is 1. The lowest BCUT2D eigenvalue weighted by Gasteiger charge is -1.95. The summed E-state index contributed by atoms with van der Waals surface area (Å²) in [7, 11) is 0. The number of carbonyl (C=O) groups excluding carboxylic acids is 1. The molecule has 0 saturated carbocycles. The first kappa shape index (κ1) is 9.39. The normalized spacial score (nSPS) is 10.8. The highest BCUT2D eigenvalue weighted by Gasteiger charge is 2.12. The van der Waals surface area contributed by atoms with Crippen molar-refractivity contribution in [2.75, 3.05) is 0 Å². The van der Waals surface area contributed by atoms with Crippen LogP contribution in [0.25, 0.3) is 0 Å². The lowest BCUT2D eigenvalue weighted by atomic mass is 10.2. The zero-order valence-corrected chi connectivity index (χ0v) is 8.66. The summed E-state index contributed by atoms with van der Waals surface area (Å²) in [5.41, 5.74) is 0.642. The van der Waals surface area contributed by atoms with Gasteiger partial charge in [-0.2, -0.15) is 0 Å². The quantitative estimate of drug-likeness (QED) is 0.660. The van der Waals surface area contributed by atoms with Crippen molar-refractivity contribution >= 4 is 17.1 Å². The Kier molecular flexibility index (Phi) is 2.62. The van der Waals surface area contributed by atoms with Crippen molar-refractivity contribution in [3.8, 4) is 0 Å². The molecule has 0 spiro atoms. The standard InChI is InChI=1S/C9H13NOS/c1-5(2)9-10-8(6(3)11)7(4)12-9/h5H,1-4H3. The number of aryl methyl sites for hydroxylation is 1. The highest BCUT2D eigenvalue weighted by atomic mass is 32.1. The molecule has 0 bridgehead atoms. The van der Waals surface area contributed by atoms with E-state index in [9.17, 15) is 4.79 Å². The van der Waals surface area contributed by atoms with Crippen LogP contribution in [0.4, 0.5) is 0 Å². The van der Waals surface area contributed by atoms with E-state index in [1.54, 1.807) is 18.3 Å². The molecular weight excluding hydrogens is 170 g/mol. The van der Waals surface area contributed by atoms with Gasteiger partial charge in [0.1, 0.15) is 5.69 Å². The molecule has 0 saturated heterocycles. The predicted molar refractivity (Wildman–Crippen MR) is 50.9 cm³/mol. The van der Waals surface area contributed by atoms with Crippen LogP contribution in [-0.2, 0) is 0 Å². The minimum absolute atomic E-state index is 0.0654. The van der Waals surface area contributed by atoms with Crippen LogP contribution in [0.2, 0.25) is 0 Å². The van der Waals surface area contributed by atoms with Crippen molar-refractivity contribution in [3.05, 3.63) is 15.6 Å². The molecule has 0 aliphatic carbocycles. The van der Waals surface area contributed by atoms with E-state index < -0.39 is 0 Å². The number of aromatic nitrogens is 1. The van der Waals surface area contributed by atoms with Gasteiger partial charge in [0.15, 0.2) is 5.78 Å². The molecule has 2 nitrogen and oxygen atoms in total. The van der Waals surface area contributed by atoms with Crippen LogP contribution in [0.3, 0.4) is 0 Å². The molecule has 0 unspecified atom stereocenters. The number of ketones is 1. The van der Waals surface area contributed by atoms with Gasteiger partial charge in [-0.25, -0.2) is 4.98 Å². The molecule has 0 aliphatic heterocycles. The Hall–Kier alpha value is -0.700. The van der Waals surface area contributed by atoms with Gasteiger partial charge in [0.25, 0.3) is 0 Å². The number of hydrogen-bond acceptors (Lipinski definition) is 3. The first-order valence-corrected chi connectivity index (χ1v) is 4.82. The highest BCUT2D eigenvalue weighted by molar-refractivity contribution is 7.12. The predicted octanol–water partition coefficient (Wildman–Crippen LogP) is 2.78. The molecule has 66 valence electrons. The summed E-state index contributed by atoms with van der Waals surface area (Å²) >= 11 is 1.62. The van der Waals surface area contributed by atoms with Gasteiger partial charge >= 0.3 is 0 Å². The number of carbonyl (C=O) groups is 1. The molecule has 1 rings (SSSR count). The largest absolute Gasteiger partial charge is 0.293 e. The molecule has 0 atom stereocenters. The molecule has 0 N–H and O–H groups in total. The molecule has 0 amide bonds. The molecule has 1 aromatic heterocycles. The van der Waals surface area contributed by atoms with Crippen LogP contribution in [0.5, 0.6) is 0 Å². The van der Waals surface area contributed by atoms with E-state index in [-0.39, 0.29) is 5.78 Å². The zero-order chi connectivity index (χ0) is 9.30. The average molecular weight is 183 g/mol. The summed E-state index contributed by atoms with van der Waals surface area (Å²) in [6.07, 6.45) is 0. The molecule has 0 fully saturated rings. The minimum atomic E-state index is 0.0654. The maximum atomic E-state index is 11.0. The third-order valence-corrected chi connectivity index (χ3v) is 2.91. The van der Waals surface area contributed by atoms with Crippen molar-refractivity contribution in [1.82, 2.24) is 4.98 Å². The number of hydrogen-bond donors (Lipinski definition) is 0. The second-order valence-corrected chi connectivity index (χ2v) is 4.40. The van der Waals surface area contributed by atoms with Crippen molar-refractivity contribution < 1.29 is 4.79 Å². The number of nitrogens with zero attached hydrogens (tertiary/aromatic N) is 1. The van der Waals surface area contributed by atoms with E-state index in [1.807, 2.05) is 6.92 Å². The smallest absolute Gasteiger partial charge is 0.179 e. The van der Waals surface area contributed by atoms with Crippen LogP contribution in [0.1, 0.15) is 47.1 Å². The van der Waals surface area contributed by atoms with E-state index >= 15 is 0 Å². The Balaban J connectivity index is 3.09. The summed E-state index contributed by atoms with van der Waals surface area (Å²) in [5.74, 6) is 0.484. The summed E-state index contributed by atoms with van der Waals surface area (Å²) < 4.78 is 0. The van der Waals surface area contributed by atoms with E-state index in [0.29, 0.717) is 11.6 Å². The molecule has 1 heterocycles. The van der Waals surface area contributed by atoms with Gasteiger partial charge in [0, 0.05) is 17.7 Å². The fraction of sp³-hybridized carbons (Fsp3) is 0.556. The molecule has 12 heavy (non-hydrogen) atoms. The monoisotopic (exact) mass is 183 g/mol. The Morgan fingerprint density at radius 1 is 1.50 bits per heavy atom. The summed E-state index contributed by atoms with van der Waals surface area (Å²) in [6, 6.07) is 0. The fourth-order valence-electron chi connectivity index (χ4n) is 0.990. The van der Waals surface area contributed by atoms with Gasteiger partial charge < -0.3 is 0 Å². The van der Waals surface area contributed by atoms with Crippen LogP contribution in [0, 0.1) is 6.92 Å². The van der Waals surface area contributed by atoms with Crippen molar-refractivity contribution in [2.24, 2.45) is 0 Å². The third-order valence-electron chi connectivity index (χ3n) is 1.64. The van der Waals surface area contributed by atoms with Gasteiger partial charge in [0.05, 0.1) is 5.01 Å². The second-order valence-electron chi connectivity index (χ2n) is 3.17. The first-order valence-electron chi connectivity index (χ1n) is 4.00. The average Bonchev–Trinajstić information content (AvgIpc) is 2.30. The van der Waals surface area contributed by atoms with Gasteiger partial charge in [-0.3, -0.25) is 4.79 Å². The Bertz CT molecular complexity index is 301. The Morgan fingerprint density at radius 3 is 2.33 bits per heavy atom. The van der Waals surface area contributed by atoms with E-state index in [4.69, 9.17) is 0 Å². The van der Waals surface area contributed by atoms with Gasteiger partial charge in [-0.1, -0.05) is 13.8 Å². The summed E-state index contributed by atoms with van der Waals surface area (Å²) in [4.78, 5) is 16.4. The first-order chi connectivity index (χ1) is 5.52. The number of rotatable bonds is 2. The van der Waals surface area contributed by atoms with Crippen molar-refractivity contribution in [1.29, 1.82) is 0 Å². The van der Waals surface area contributed by atoms with Crippen LogP contribution in [0.15, 0.2) is 0 Å². The second kappa shape index (κ2) is 3.35. The zero-order valence-electron chi connectivity index (χ0n) is 7.84. The summed E-state index contributed by atoms with van der Waals surface area (Å²) in [6.45, 7) is 7.68. The Labute approximate surface area is 76.6 Å². The van der Waals surface area contributed by atoms with Crippen LogP contribution >= 0.6 is 11.3 Å². The molecule has 0 aromatic carbocycles. The maximum absolute atomic E-state index is 11.0. The topological polar surface area (TPSA) is 30.0 Å². The molecule has 0 radical (unpaired) electrons. The van der Waals surface area contributed by atoms with E-state index in [1.165, 1.54) is 0 Å². The minimum Gasteiger partial charge on any atom is -0.293 e. The lowest BCUT2D eigenvalue weighted by molar-refractivity contribution is 0.101. The highest BCUT2D eigenvalue weighted by Crippen LogP contribution is 2.24. The van der Waals surface area contributed by atoms with E-state index in [2.05, 4.69) is 18.8 Å². The van der Waals surface area contributed by atoms with Crippen molar-refractivity contribution in [3.63, 3.8) is 0 Å². The maximum Gasteiger partial charge on any atom is 0.179 e. The molecule has 1 aromatic rings. The SMILES string of the molecule is CC(=O)c1nc(C(C)C)sc1C. The summed E-state index contributed by atoms with van der Waals surface area (Å²) in [5, 5.41) is 1.05. The molecule has 0 aliphatic rings. The fourth-order valence-corrected chi connectivity index (χ4v) is 1.96. The molecule has 3 heteroatoms. The third kappa shape index (κ3) is 1.72. The van der Waals surface area contributed by atoms with Crippen LogP contribution in [-0.4, -0.2) is 10.8 Å². The van der Waals surface area contributed by atoms with Crippen LogP contribution < -0.4 is 0 Å². The lowest BCUT2D eigenvalue weighted by Crippen LogP contribution is -1.95. The van der Waals surface area contributed by atoms with Gasteiger partial charge in [-0.05, 0) is 6.92 Å². The van der Waals surface area contributed by atoms with Gasteiger partial charge in [-0.15, -0.1) is 11.3 Å². The Morgan fingerprint density at radius 2 is 2.08 bits per heavy atom.